The molecule has 0 radical (unpaired) electrons. The Balaban J connectivity index is 2.00. The average molecular weight is 427 g/mol. The number of methoxy groups -OCH3 is 3. The van der Waals surface area contributed by atoms with Gasteiger partial charge in [0.15, 0.2) is 0 Å². The number of nitrogens with zero attached hydrogens (tertiary/aromatic N) is 1. The molecule has 166 valence electrons. The van der Waals surface area contributed by atoms with Crippen LogP contribution in [-0.4, -0.2) is 50.4 Å². The molecule has 3 aromatic rings. The van der Waals surface area contributed by atoms with E-state index in [1.807, 2.05) is 18.2 Å². The van der Waals surface area contributed by atoms with Crippen molar-refractivity contribution in [2.45, 2.75) is 26.3 Å². The van der Waals surface area contributed by atoms with Crippen molar-refractivity contribution in [3.63, 3.8) is 0 Å². The molecule has 0 amide bonds. The summed E-state index contributed by atoms with van der Waals surface area (Å²) in [6.07, 6.45) is 0.949. The SMILES string of the molecule is COc1ccc(-c2nc3cc(OC)cc(OC)c3c(=O)[nH]2)c(NCCCNC(C)C)c1. The van der Waals surface area contributed by atoms with Gasteiger partial charge in [-0.05, 0) is 25.1 Å². The lowest BCUT2D eigenvalue weighted by Crippen LogP contribution is -2.25. The van der Waals surface area contributed by atoms with Gasteiger partial charge in [-0.15, -0.1) is 0 Å². The van der Waals surface area contributed by atoms with E-state index in [1.165, 1.54) is 7.11 Å². The lowest BCUT2D eigenvalue weighted by atomic mass is 10.1. The number of H-pyrrole nitrogens is 1. The number of aromatic amines is 1. The molecule has 3 N–H and O–H groups in total. The fourth-order valence-electron chi connectivity index (χ4n) is 3.32. The minimum Gasteiger partial charge on any atom is -0.497 e. The van der Waals surface area contributed by atoms with Crippen LogP contribution in [0.4, 0.5) is 5.69 Å². The maximum absolute atomic E-state index is 12.9. The maximum Gasteiger partial charge on any atom is 0.262 e. The molecule has 0 fully saturated rings. The average Bonchev–Trinajstić information content (AvgIpc) is 2.77. The fourth-order valence-corrected chi connectivity index (χ4v) is 3.32. The third-order valence-electron chi connectivity index (χ3n) is 4.91. The molecular weight excluding hydrogens is 396 g/mol. The monoisotopic (exact) mass is 426 g/mol. The zero-order valence-corrected chi connectivity index (χ0v) is 18.7. The Kier molecular flexibility index (Phi) is 7.36. The van der Waals surface area contributed by atoms with Crippen molar-refractivity contribution in [3.05, 3.63) is 40.7 Å². The predicted molar refractivity (Wildman–Crippen MR) is 124 cm³/mol. The number of hydrogen-bond donors (Lipinski definition) is 3. The number of aromatic nitrogens is 2. The van der Waals surface area contributed by atoms with Crippen LogP contribution in [0, 0.1) is 0 Å². The lowest BCUT2D eigenvalue weighted by Gasteiger charge is -2.15. The molecular formula is C23H30N4O4. The van der Waals surface area contributed by atoms with Gasteiger partial charge in [0.2, 0.25) is 0 Å². The third-order valence-corrected chi connectivity index (χ3v) is 4.91. The molecule has 1 heterocycles. The number of hydrogen-bond acceptors (Lipinski definition) is 7. The Labute approximate surface area is 181 Å². The minimum atomic E-state index is -0.276. The number of anilines is 1. The van der Waals surface area contributed by atoms with E-state index in [4.69, 9.17) is 19.2 Å². The molecule has 31 heavy (non-hydrogen) atoms. The molecule has 0 atom stereocenters. The quantitative estimate of drug-likeness (QED) is 0.427. The molecule has 0 unspecified atom stereocenters. The van der Waals surface area contributed by atoms with Gasteiger partial charge < -0.3 is 29.8 Å². The van der Waals surface area contributed by atoms with Crippen LogP contribution in [0.3, 0.4) is 0 Å². The summed E-state index contributed by atoms with van der Waals surface area (Å²) < 4.78 is 16.1. The van der Waals surface area contributed by atoms with Gasteiger partial charge in [-0.25, -0.2) is 4.98 Å². The summed E-state index contributed by atoms with van der Waals surface area (Å²) in [6.45, 7) is 5.92. The first-order chi connectivity index (χ1) is 15.0. The zero-order chi connectivity index (χ0) is 22.4. The summed E-state index contributed by atoms with van der Waals surface area (Å²) in [5.41, 5.74) is 1.83. The van der Waals surface area contributed by atoms with E-state index >= 15 is 0 Å². The van der Waals surface area contributed by atoms with Crippen molar-refractivity contribution < 1.29 is 14.2 Å². The van der Waals surface area contributed by atoms with Crippen molar-refractivity contribution >= 4 is 16.6 Å². The van der Waals surface area contributed by atoms with Gasteiger partial charge in [-0.1, -0.05) is 13.8 Å². The third kappa shape index (κ3) is 5.27. The van der Waals surface area contributed by atoms with Gasteiger partial charge in [-0.3, -0.25) is 4.79 Å². The van der Waals surface area contributed by atoms with Crippen molar-refractivity contribution in [1.82, 2.24) is 15.3 Å². The van der Waals surface area contributed by atoms with E-state index in [9.17, 15) is 4.79 Å². The summed E-state index contributed by atoms with van der Waals surface area (Å²) >= 11 is 0. The van der Waals surface area contributed by atoms with Crippen LogP contribution < -0.4 is 30.4 Å². The highest BCUT2D eigenvalue weighted by Gasteiger charge is 2.15. The van der Waals surface area contributed by atoms with Crippen LogP contribution in [0.2, 0.25) is 0 Å². The van der Waals surface area contributed by atoms with E-state index in [-0.39, 0.29) is 5.56 Å². The Morgan fingerprint density at radius 3 is 2.45 bits per heavy atom. The summed E-state index contributed by atoms with van der Waals surface area (Å²) in [6, 6.07) is 9.48. The Bertz CT molecular complexity index is 1090. The number of ether oxygens (including phenoxy) is 3. The van der Waals surface area contributed by atoms with E-state index in [2.05, 4.69) is 29.5 Å². The largest absolute Gasteiger partial charge is 0.497 e. The molecule has 0 aliphatic carbocycles. The molecule has 0 aliphatic rings. The summed E-state index contributed by atoms with van der Waals surface area (Å²) in [7, 11) is 4.70. The van der Waals surface area contributed by atoms with E-state index < -0.39 is 0 Å². The second-order valence-corrected chi connectivity index (χ2v) is 7.44. The first-order valence-electron chi connectivity index (χ1n) is 10.3. The van der Waals surface area contributed by atoms with Crippen molar-refractivity contribution in [2.75, 3.05) is 39.7 Å². The van der Waals surface area contributed by atoms with Crippen molar-refractivity contribution in [1.29, 1.82) is 0 Å². The highest BCUT2D eigenvalue weighted by molar-refractivity contribution is 5.88. The molecule has 0 bridgehead atoms. The Morgan fingerprint density at radius 2 is 1.77 bits per heavy atom. The summed E-state index contributed by atoms with van der Waals surface area (Å²) in [5.74, 6) is 2.16. The van der Waals surface area contributed by atoms with Crippen LogP contribution in [0.25, 0.3) is 22.3 Å². The molecule has 8 heteroatoms. The molecule has 0 aliphatic heterocycles. The van der Waals surface area contributed by atoms with Gasteiger partial charge in [0.25, 0.3) is 5.56 Å². The van der Waals surface area contributed by atoms with Crippen LogP contribution in [0.5, 0.6) is 17.2 Å². The Morgan fingerprint density at radius 1 is 1.00 bits per heavy atom. The normalized spacial score (nSPS) is 11.0. The van der Waals surface area contributed by atoms with Gasteiger partial charge in [-0.2, -0.15) is 0 Å². The standard InChI is InChI=1S/C23H30N4O4/c1-14(2)24-9-6-10-25-18-11-15(29-3)7-8-17(18)22-26-19-12-16(30-4)13-20(31-5)21(19)23(28)27-22/h7-8,11-14,24-25H,6,9-10H2,1-5H3,(H,26,27,28). The molecule has 3 rings (SSSR count). The highest BCUT2D eigenvalue weighted by Crippen LogP contribution is 2.32. The molecule has 8 nitrogen and oxygen atoms in total. The number of rotatable bonds is 10. The van der Waals surface area contributed by atoms with Gasteiger partial charge in [0.1, 0.15) is 28.5 Å². The number of benzene rings is 2. The Hall–Kier alpha value is -3.26. The molecule has 0 saturated heterocycles. The van der Waals surface area contributed by atoms with Crippen molar-refractivity contribution in [3.8, 4) is 28.6 Å². The van der Waals surface area contributed by atoms with Gasteiger partial charge in [0.05, 0.1) is 26.8 Å². The van der Waals surface area contributed by atoms with Gasteiger partial charge >= 0.3 is 0 Å². The van der Waals surface area contributed by atoms with E-state index in [1.54, 1.807) is 26.4 Å². The van der Waals surface area contributed by atoms with Crippen LogP contribution >= 0.6 is 0 Å². The molecule has 1 aromatic heterocycles. The first kappa shape index (κ1) is 22.4. The van der Waals surface area contributed by atoms with Crippen LogP contribution in [0.15, 0.2) is 35.1 Å². The van der Waals surface area contributed by atoms with Crippen LogP contribution in [-0.2, 0) is 0 Å². The molecule has 2 aromatic carbocycles. The second-order valence-electron chi connectivity index (χ2n) is 7.44. The predicted octanol–water partition coefficient (Wildman–Crippen LogP) is 3.42. The topological polar surface area (TPSA) is 97.5 Å². The fraction of sp³-hybridized carbons (Fsp3) is 0.391. The highest BCUT2D eigenvalue weighted by atomic mass is 16.5. The van der Waals surface area contributed by atoms with E-state index in [0.717, 1.165) is 36.5 Å². The smallest absolute Gasteiger partial charge is 0.262 e. The van der Waals surface area contributed by atoms with Crippen molar-refractivity contribution in [2.24, 2.45) is 0 Å². The first-order valence-corrected chi connectivity index (χ1v) is 10.3. The summed E-state index contributed by atoms with van der Waals surface area (Å²) in [5, 5.41) is 7.23. The minimum absolute atomic E-state index is 0.276. The lowest BCUT2D eigenvalue weighted by molar-refractivity contribution is 0.397. The maximum atomic E-state index is 12.9. The number of fused-ring (bicyclic) bond motifs is 1. The number of nitrogens with one attached hydrogen (secondary N) is 3. The van der Waals surface area contributed by atoms with Gasteiger partial charge in [0, 0.05) is 42.0 Å². The molecule has 0 spiro atoms. The second kappa shape index (κ2) is 10.2. The van der Waals surface area contributed by atoms with Crippen LogP contribution in [0.1, 0.15) is 20.3 Å². The summed E-state index contributed by atoms with van der Waals surface area (Å²) in [4.78, 5) is 20.5. The zero-order valence-electron chi connectivity index (χ0n) is 18.7. The molecule has 0 saturated carbocycles. The van der Waals surface area contributed by atoms with E-state index in [0.29, 0.717) is 34.3 Å².